The van der Waals surface area contributed by atoms with Crippen molar-refractivity contribution < 1.29 is 9.53 Å². The van der Waals surface area contributed by atoms with Crippen molar-refractivity contribution in [1.82, 2.24) is 20.4 Å². The second-order valence-corrected chi connectivity index (χ2v) is 10.3. The Morgan fingerprint density at radius 2 is 1.80 bits per heavy atom. The molecule has 0 aliphatic heterocycles. The minimum absolute atomic E-state index is 0.0184. The number of nitrogens with one attached hydrogen (secondary N) is 2. The number of ether oxygens (including phenoxy) is 1. The van der Waals surface area contributed by atoms with E-state index in [-0.39, 0.29) is 5.91 Å². The van der Waals surface area contributed by atoms with Crippen LogP contribution in [0.2, 0.25) is 0 Å². The van der Waals surface area contributed by atoms with Gasteiger partial charge in [-0.25, -0.2) is 0 Å². The smallest absolute Gasteiger partial charge is 0.245 e. The lowest BCUT2D eigenvalue weighted by Crippen LogP contribution is -2.22. The van der Waals surface area contributed by atoms with Crippen LogP contribution in [0.15, 0.2) is 85.1 Å². The fourth-order valence-electron chi connectivity index (χ4n) is 4.84. The quantitative estimate of drug-likeness (QED) is 0.121. The van der Waals surface area contributed by atoms with Crippen molar-refractivity contribution in [2.45, 2.75) is 33.1 Å². The predicted molar refractivity (Wildman–Crippen MR) is 165 cm³/mol. The van der Waals surface area contributed by atoms with Gasteiger partial charge in [-0.2, -0.15) is 5.10 Å². The molecule has 40 heavy (non-hydrogen) atoms. The Hall–Kier alpha value is -4.16. The molecule has 0 unspecified atom stereocenters. The number of hydrogen-bond acceptors (Lipinski definition) is 4. The zero-order valence-corrected chi connectivity index (χ0v) is 24.2. The second kappa shape index (κ2) is 13.8. The number of amides is 1. The van der Waals surface area contributed by atoms with Crippen molar-refractivity contribution >= 4 is 28.0 Å². The minimum atomic E-state index is -0.0184. The molecule has 2 N–H and O–H groups in total. The van der Waals surface area contributed by atoms with Crippen molar-refractivity contribution in [1.29, 1.82) is 0 Å². The van der Waals surface area contributed by atoms with Crippen LogP contribution in [-0.4, -0.2) is 54.8 Å². The summed E-state index contributed by atoms with van der Waals surface area (Å²) in [6.45, 7) is 8.59. The molecule has 6 nitrogen and oxygen atoms in total. The number of rotatable bonds is 12. The molecule has 3 aromatic carbocycles. The molecule has 0 saturated carbocycles. The first-order valence-electron chi connectivity index (χ1n) is 14.0. The summed E-state index contributed by atoms with van der Waals surface area (Å²) < 4.78 is 5.99. The first kappa shape index (κ1) is 28.8. The summed E-state index contributed by atoms with van der Waals surface area (Å²) in [6, 6.07) is 23.7. The SMILES string of the molecule is CC/C(=C(/c1ccc(OCCNC/C=C/C(=O)N(C)C)cc1)c1ccc2[nH]ncc2c1)c1ccccc1C(C)C. The standard InChI is InChI=1S/C34H40N4O2/c1-6-29(31-11-8-7-10-30(31)24(2)3)34(26-15-18-32-27(22-26)23-36-37-32)25-13-16-28(17-14-25)40-21-20-35-19-9-12-33(39)38(4)5/h7-18,22-24,35H,6,19-21H2,1-5H3,(H,36,37)/b12-9+,34-29+. The van der Waals surface area contributed by atoms with Gasteiger partial charge in [-0.3, -0.25) is 9.89 Å². The van der Waals surface area contributed by atoms with Gasteiger partial charge < -0.3 is 15.0 Å². The number of nitrogens with zero attached hydrogens (tertiary/aromatic N) is 2. The molecule has 4 aromatic rings. The van der Waals surface area contributed by atoms with E-state index in [4.69, 9.17) is 4.74 Å². The molecule has 6 heteroatoms. The molecule has 0 radical (unpaired) electrons. The molecule has 4 rings (SSSR count). The van der Waals surface area contributed by atoms with Gasteiger partial charge in [0, 0.05) is 38.6 Å². The zero-order chi connectivity index (χ0) is 28.5. The van der Waals surface area contributed by atoms with Gasteiger partial charge >= 0.3 is 0 Å². The number of allylic oxidation sites excluding steroid dienone is 1. The molecule has 0 saturated heterocycles. The van der Waals surface area contributed by atoms with E-state index in [9.17, 15) is 4.79 Å². The second-order valence-electron chi connectivity index (χ2n) is 10.3. The maximum atomic E-state index is 11.6. The van der Waals surface area contributed by atoms with Crippen molar-refractivity contribution in [2.75, 3.05) is 33.8 Å². The first-order valence-corrected chi connectivity index (χ1v) is 14.0. The zero-order valence-electron chi connectivity index (χ0n) is 24.2. The third-order valence-electron chi connectivity index (χ3n) is 6.95. The van der Waals surface area contributed by atoms with E-state index in [0.717, 1.165) is 28.6 Å². The molecule has 1 heterocycles. The number of aromatic nitrogens is 2. The van der Waals surface area contributed by atoms with Crippen LogP contribution in [0.25, 0.3) is 22.0 Å². The van der Waals surface area contributed by atoms with Gasteiger partial charge in [-0.1, -0.05) is 69.3 Å². The molecular weight excluding hydrogens is 496 g/mol. The first-order chi connectivity index (χ1) is 19.4. The Labute approximate surface area is 237 Å². The van der Waals surface area contributed by atoms with E-state index in [2.05, 4.69) is 90.9 Å². The van der Waals surface area contributed by atoms with Crippen LogP contribution in [0, 0.1) is 0 Å². The highest BCUT2D eigenvalue weighted by Crippen LogP contribution is 2.38. The van der Waals surface area contributed by atoms with E-state index in [1.54, 1.807) is 25.1 Å². The van der Waals surface area contributed by atoms with Gasteiger partial charge in [0.15, 0.2) is 0 Å². The molecular formula is C34H40N4O2. The highest BCUT2D eigenvalue weighted by atomic mass is 16.5. The number of carbonyl (C=O) groups excluding carboxylic acids is 1. The lowest BCUT2D eigenvalue weighted by atomic mass is 9.84. The Kier molecular flexibility index (Phi) is 9.92. The molecule has 0 spiro atoms. The van der Waals surface area contributed by atoms with Gasteiger partial charge in [-0.05, 0) is 70.0 Å². The van der Waals surface area contributed by atoms with Crippen LogP contribution in [-0.2, 0) is 4.79 Å². The van der Waals surface area contributed by atoms with Crippen molar-refractivity contribution in [3.63, 3.8) is 0 Å². The summed E-state index contributed by atoms with van der Waals surface area (Å²) >= 11 is 0. The molecule has 1 aromatic heterocycles. The van der Waals surface area contributed by atoms with Gasteiger partial charge in [0.2, 0.25) is 5.91 Å². The summed E-state index contributed by atoms with van der Waals surface area (Å²) in [4.78, 5) is 13.1. The van der Waals surface area contributed by atoms with E-state index >= 15 is 0 Å². The fourth-order valence-corrected chi connectivity index (χ4v) is 4.84. The van der Waals surface area contributed by atoms with Crippen LogP contribution in [0.3, 0.4) is 0 Å². The third-order valence-corrected chi connectivity index (χ3v) is 6.95. The molecule has 0 aliphatic carbocycles. The highest BCUT2D eigenvalue weighted by Gasteiger charge is 2.17. The number of likely N-dealkylation sites (N-methyl/N-ethyl adjacent to an activating group) is 1. The van der Waals surface area contributed by atoms with E-state index in [0.29, 0.717) is 25.6 Å². The number of fused-ring (bicyclic) bond motifs is 1. The topological polar surface area (TPSA) is 70.2 Å². The van der Waals surface area contributed by atoms with Crippen LogP contribution in [0.4, 0.5) is 0 Å². The molecule has 0 atom stereocenters. The van der Waals surface area contributed by atoms with Gasteiger partial charge in [-0.15, -0.1) is 0 Å². The summed E-state index contributed by atoms with van der Waals surface area (Å²) in [7, 11) is 3.48. The van der Waals surface area contributed by atoms with E-state index in [1.165, 1.54) is 27.8 Å². The average molecular weight is 537 g/mol. The Balaban J connectivity index is 1.58. The summed E-state index contributed by atoms with van der Waals surface area (Å²) in [6.07, 6.45) is 6.19. The molecule has 208 valence electrons. The number of aromatic amines is 1. The summed E-state index contributed by atoms with van der Waals surface area (Å²) in [5.41, 5.74) is 8.56. The predicted octanol–water partition coefficient (Wildman–Crippen LogP) is 6.67. The Bertz CT molecular complexity index is 1480. The normalized spacial score (nSPS) is 12.2. The number of H-pyrrole nitrogens is 1. The van der Waals surface area contributed by atoms with Crippen molar-refractivity contribution in [2.24, 2.45) is 0 Å². The summed E-state index contributed by atoms with van der Waals surface area (Å²) in [5, 5.41) is 11.7. The third kappa shape index (κ3) is 7.07. The maximum Gasteiger partial charge on any atom is 0.245 e. The minimum Gasteiger partial charge on any atom is -0.492 e. The lowest BCUT2D eigenvalue weighted by molar-refractivity contribution is -0.123. The maximum absolute atomic E-state index is 11.6. The molecule has 0 aliphatic rings. The van der Waals surface area contributed by atoms with Crippen LogP contribution >= 0.6 is 0 Å². The number of hydrogen-bond donors (Lipinski definition) is 2. The van der Waals surface area contributed by atoms with Gasteiger partial charge in [0.25, 0.3) is 0 Å². The number of carbonyl (C=O) groups is 1. The van der Waals surface area contributed by atoms with Crippen LogP contribution < -0.4 is 10.1 Å². The van der Waals surface area contributed by atoms with Crippen molar-refractivity contribution in [3.8, 4) is 5.75 Å². The largest absolute Gasteiger partial charge is 0.492 e. The molecule has 0 bridgehead atoms. The van der Waals surface area contributed by atoms with Gasteiger partial charge in [0.1, 0.15) is 12.4 Å². The van der Waals surface area contributed by atoms with Crippen molar-refractivity contribution in [3.05, 3.63) is 107 Å². The van der Waals surface area contributed by atoms with Gasteiger partial charge in [0.05, 0.1) is 11.7 Å². The average Bonchev–Trinajstić information content (AvgIpc) is 3.43. The number of benzene rings is 3. The Morgan fingerprint density at radius 1 is 1.05 bits per heavy atom. The highest BCUT2D eigenvalue weighted by molar-refractivity contribution is 6.01. The monoisotopic (exact) mass is 536 g/mol. The van der Waals surface area contributed by atoms with Crippen LogP contribution in [0.1, 0.15) is 55.4 Å². The van der Waals surface area contributed by atoms with E-state index < -0.39 is 0 Å². The van der Waals surface area contributed by atoms with Crippen LogP contribution in [0.5, 0.6) is 5.75 Å². The lowest BCUT2D eigenvalue weighted by Gasteiger charge is -2.20. The summed E-state index contributed by atoms with van der Waals surface area (Å²) in [5.74, 6) is 1.23. The fraction of sp³-hybridized carbons (Fsp3) is 0.294. The Morgan fingerprint density at radius 3 is 2.52 bits per heavy atom. The molecule has 0 fully saturated rings. The van der Waals surface area contributed by atoms with E-state index in [1.807, 2.05) is 24.4 Å². The molecule has 1 amide bonds.